The van der Waals surface area contributed by atoms with Crippen molar-refractivity contribution < 1.29 is 22.7 Å². The summed E-state index contributed by atoms with van der Waals surface area (Å²) in [4.78, 5) is 16.8. The number of hydrogen-bond acceptors (Lipinski definition) is 6. The summed E-state index contributed by atoms with van der Waals surface area (Å²) in [5.41, 5.74) is 0.553. The summed E-state index contributed by atoms with van der Waals surface area (Å²) in [7, 11) is -0.585. The van der Waals surface area contributed by atoms with E-state index in [1.165, 1.54) is 17.7 Å². The second-order valence-electron chi connectivity index (χ2n) is 7.49. The fraction of sp³-hybridized carbons (Fsp3) is 0.500. The van der Waals surface area contributed by atoms with Gasteiger partial charge in [-0.05, 0) is 38.8 Å². The topological polar surface area (TPSA) is 103 Å². The van der Waals surface area contributed by atoms with Gasteiger partial charge in [-0.3, -0.25) is 4.79 Å². The lowest BCUT2D eigenvalue weighted by Gasteiger charge is -2.30. The van der Waals surface area contributed by atoms with Crippen molar-refractivity contribution in [1.29, 1.82) is 0 Å². The monoisotopic (exact) mass is 436 g/mol. The van der Waals surface area contributed by atoms with Crippen LogP contribution in [-0.2, 0) is 14.8 Å². The first-order chi connectivity index (χ1) is 14.3. The van der Waals surface area contributed by atoms with E-state index in [2.05, 4.69) is 10.3 Å². The third kappa shape index (κ3) is 4.59. The van der Waals surface area contributed by atoms with Gasteiger partial charge in [0, 0.05) is 37.3 Å². The molecule has 0 atom stereocenters. The number of aromatic nitrogens is 2. The molecule has 0 spiro atoms. The Labute approximate surface area is 177 Å². The zero-order valence-electron chi connectivity index (χ0n) is 17.7. The fourth-order valence-electron chi connectivity index (χ4n) is 3.36. The van der Waals surface area contributed by atoms with Crippen molar-refractivity contribution in [1.82, 2.24) is 13.9 Å². The van der Waals surface area contributed by atoms with Crippen molar-refractivity contribution in [3.05, 3.63) is 30.7 Å². The van der Waals surface area contributed by atoms with Crippen LogP contribution in [-0.4, -0.2) is 55.5 Å². The van der Waals surface area contributed by atoms with Crippen LogP contribution in [0.1, 0.15) is 32.7 Å². The number of carbonyl (C=O) groups is 1. The van der Waals surface area contributed by atoms with Gasteiger partial charge in [0.25, 0.3) is 10.0 Å². The van der Waals surface area contributed by atoms with Crippen molar-refractivity contribution >= 4 is 21.6 Å². The first-order valence-corrected chi connectivity index (χ1v) is 11.3. The molecule has 1 saturated heterocycles. The van der Waals surface area contributed by atoms with Gasteiger partial charge in [-0.1, -0.05) is 0 Å². The molecule has 1 N–H and O–H groups in total. The van der Waals surface area contributed by atoms with Gasteiger partial charge in [-0.25, -0.2) is 13.4 Å². The summed E-state index contributed by atoms with van der Waals surface area (Å²) in [6.07, 6.45) is 3.96. The van der Waals surface area contributed by atoms with Crippen LogP contribution in [0.5, 0.6) is 11.5 Å². The number of piperidine rings is 1. The molecule has 9 nitrogen and oxygen atoms in total. The van der Waals surface area contributed by atoms with Crippen molar-refractivity contribution in [2.75, 3.05) is 32.6 Å². The highest BCUT2D eigenvalue weighted by atomic mass is 32.2. The predicted molar refractivity (Wildman–Crippen MR) is 112 cm³/mol. The van der Waals surface area contributed by atoms with Gasteiger partial charge < -0.3 is 19.4 Å². The number of imidazole rings is 1. The molecule has 2 aromatic rings. The first-order valence-electron chi connectivity index (χ1n) is 9.82. The van der Waals surface area contributed by atoms with Crippen LogP contribution in [0.4, 0.5) is 5.69 Å². The molecule has 0 radical (unpaired) electrons. The van der Waals surface area contributed by atoms with Crippen LogP contribution < -0.4 is 14.8 Å². The van der Waals surface area contributed by atoms with E-state index >= 15 is 0 Å². The Balaban J connectivity index is 1.63. The van der Waals surface area contributed by atoms with E-state index in [1.807, 2.05) is 13.8 Å². The standard InChI is InChI=1S/C20H28N4O5S/c1-14(2)23-12-19(21-13-23)30(26,27)24-9-7-15(8-10-24)20(25)22-17-6-5-16(28-3)11-18(17)29-4/h5-6,11-15H,7-10H2,1-4H3,(H,22,25). The molecule has 164 valence electrons. The average Bonchev–Trinajstić information content (AvgIpc) is 3.25. The van der Waals surface area contributed by atoms with E-state index in [9.17, 15) is 13.2 Å². The van der Waals surface area contributed by atoms with Gasteiger partial charge in [0.1, 0.15) is 11.5 Å². The fourth-order valence-corrected chi connectivity index (χ4v) is 4.75. The number of ether oxygens (including phenoxy) is 2. The number of amides is 1. The maximum Gasteiger partial charge on any atom is 0.262 e. The van der Waals surface area contributed by atoms with E-state index in [1.54, 1.807) is 36.1 Å². The number of methoxy groups -OCH3 is 2. The molecular formula is C20H28N4O5S. The number of nitrogens with one attached hydrogen (secondary N) is 1. The molecule has 0 saturated carbocycles. The first kappa shape index (κ1) is 22.1. The normalized spacial score (nSPS) is 15.9. The molecule has 3 rings (SSSR count). The minimum absolute atomic E-state index is 0.0436. The van der Waals surface area contributed by atoms with Gasteiger partial charge in [0.2, 0.25) is 5.91 Å². The van der Waals surface area contributed by atoms with E-state index in [0.29, 0.717) is 30.0 Å². The molecule has 0 unspecified atom stereocenters. The highest BCUT2D eigenvalue weighted by Crippen LogP contribution is 2.31. The lowest BCUT2D eigenvalue weighted by Crippen LogP contribution is -2.41. The lowest BCUT2D eigenvalue weighted by molar-refractivity contribution is -0.120. The van der Waals surface area contributed by atoms with Gasteiger partial charge >= 0.3 is 0 Å². The summed E-state index contributed by atoms with van der Waals surface area (Å²) in [5, 5.41) is 2.92. The van der Waals surface area contributed by atoms with Gasteiger partial charge in [0.15, 0.2) is 5.03 Å². The molecular weight excluding hydrogens is 408 g/mol. The SMILES string of the molecule is COc1ccc(NC(=O)C2CCN(S(=O)(=O)c3cn(C(C)C)cn3)CC2)c(OC)c1. The molecule has 0 bridgehead atoms. The minimum Gasteiger partial charge on any atom is -0.497 e. The molecule has 1 aliphatic rings. The predicted octanol–water partition coefficient (Wildman–Crippen LogP) is 2.52. The number of anilines is 1. The summed E-state index contributed by atoms with van der Waals surface area (Å²) >= 11 is 0. The summed E-state index contributed by atoms with van der Waals surface area (Å²) < 4.78 is 39.4. The zero-order chi connectivity index (χ0) is 21.9. The van der Waals surface area contributed by atoms with Gasteiger partial charge in [-0.2, -0.15) is 4.31 Å². The number of nitrogens with zero attached hydrogens (tertiary/aromatic N) is 3. The Hall–Kier alpha value is -2.59. The average molecular weight is 437 g/mol. The molecule has 30 heavy (non-hydrogen) atoms. The van der Waals surface area contributed by atoms with Crippen LogP contribution in [0.2, 0.25) is 0 Å². The number of sulfonamides is 1. The van der Waals surface area contributed by atoms with Crippen molar-refractivity contribution in [3.8, 4) is 11.5 Å². The van der Waals surface area contributed by atoms with Crippen molar-refractivity contribution in [3.63, 3.8) is 0 Å². The lowest BCUT2D eigenvalue weighted by atomic mass is 9.97. The Bertz CT molecular complexity index is 994. The van der Waals surface area contributed by atoms with Crippen LogP contribution in [0.25, 0.3) is 0 Å². The van der Waals surface area contributed by atoms with Gasteiger partial charge in [-0.15, -0.1) is 0 Å². The maximum atomic E-state index is 12.9. The second-order valence-corrected chi connectivity index (χ2v) is 9.37. The Kier molecular flexibility index (Phi) is 6.67. The Morgan fingerprint density at radius 1 is 1.20 bits per heavy atom. The van der Waals surface area contributed by atoms with Crippen LogP contribution in [0.3, 0.4) is 0 Å². The van der Waals surface area contributed by atoms with Gasteiger partial charge in [0.05, 0.1) is 26.2 Å². The number of carbonyl (C=O) groups excluding carboxylic acids is 1. The number of benzene rings is 1. The van der Waals surface area contributed by atoms with Crippen molar-refractivity contribution in [2.45, 2.75) is 37.8 Å². The zero-order valence-corrected chi connectivity index (χ0v) is 18.5. The smallest absolute Gasteiger partial charge is 0.262 e. The van der Waals surface area contributed by atoms with Crippen LogP contribution in [0.15, 0.2) is 35.7 Å². The quantitative estimate of drug-likeness (QED) is 0.715. The Morgan fingerprint density at radius 3 is 2.47 bits per heavy atom. The molecule has 10 heteroatoms. The third-order valence-electron chi connectivity index (χ3n) is 5.27. The summed E-state index contributed by atoms with van der Waals surface area (Å²) in [6.45, 7) is 4.46. The largest absolute Gasteiger partial charge is 0.497 e. The van der Waals surface area contributed by atoms with E-state index in [-0.39, 0.29) is 36.0 Å². The van der Waals surface area contributed by atoms with Crippen molar-refractivity contribution in [2.24, 2.45) is 5.92 Å². The number of rotatable bonds is 7. The minimum atomic E-state index is -3.67. The molecule has 1 aliphatic heterocycles. The third-order valence-corrected chi connectivity index (χ3v) is 7.05. The van der Waals surface area contributed by atoms with Crippen LogP contribution >= 0.6 is 0 Å². The van der Waals surface area contributed by atoms with Crippen LogP contribution in [0, 0.1) is 5.92 Å². The second kappa shape index (κ2) is 9.05. The highest BCUT2D eigenvalue weighted by molar-refractivity contribution is 7.89. The summed E-state index contributed by atoms with van der Waals surface area (Å²) in [6, 6.07) is 5.29. The Morgan fingerprint density at radius 2 is 1.90 bits per heavy atom. The molecule has 1 amide bonds. The molecule has 1 fully saturated rings. The summed E-state index contributed by atoms with van der Waals surface area (Å²) in [5.74, 6) is 0.697. The molecule has 0 aliphatic carbocycles. The number of hydrogen-bond donors (Lipinski definition) is 1. The molecule has 2 heterocycles. The van der Waals surface area contributed by atoms with E-state index in [0.717, 1.165) is 0 Å². The van der Waals surface area contributed by atoms with E-state index in [4.69, 9.17) is 9.47 Å². The highest BCUT2D eigenvalue weighted by Gasteiger charge is 2.33. The molecule has 1 aromatic carbocycles. The maximum absolute atomic E-state index is 12.9. The van der Waals surface area contributed by atoms with E-state index < -0.39 is 10.0 Å². The molecule has 1 aromatic heterocycles.